The normalized spacial score (nSPS) is 28.6. The van der Waals surface area contributed by atoms with E-state index in [0.29, 0.717) is 6.04 Å². The van der Waals surface area contributed by atoms with Crippen LogP contribution in [0.4, 0.5) is 0 Å². The van der Waals surface area contributed by atoms with Crippen molar-refractivity contribution < 1.29 is 0 Å². The minimum Gasteiger partial charge on any atom is -0.370 e. The summed E-state index contributed by atoms with van der Waals surface area (Å²) in [6.07, 6.45) is 5.23. The van der Waals surface area contributed by atoms with Crippen LogP contribution in [0.3, 0.4) is 0 Å². The fraction of sp³-hybridized carbons (Fsp3) is 0.938. The molecule has 2 aliphatic heterocycles. The van der Waals surface area contributed by atoms with Crippen molar-refractivity contribution in [2.24, 2.45) is 22.6 Å². The Kier molecular flexibility index (Phi) is 5.70. The molecule has 0 aromatic carbocycles. The largest absolute Gasteiger partial charge is 0.370 e. The lowest BCUT2D eigenvalue weighted by Gasteiger charge is -2.35. The molecule has 2 unspecified atom stereocenters. The van der Waals surface area contributed by atoms with Crippen LogP contribution >= 0.6 is 0 Å². The van der Waals surface area contributed by atoms with Crippen molar-refractivity contribution in [2.45, 2.75) is 52.5 Å². The van der Waals surface area contributed by atoms with Gasteiger partial charge in [-0.05, 0) is 57.5 Å². The van der Waals surface area contributed by atoms with Gasteiger partial charge >= 0.3 is 0 Å². The highest BCUT2D eigenvalue weighted by Crippen LogP contribution is 2.18. The molecule has 0 bridgehead atoms. The van der Waals surface area contributed by atoms with E-state index in [1.165, 1.54) is 38.8 Å². The molecule has 4 heteroatoms. The van der Waals surface area contributed by atoms with Crippen LogP contribution in [-0.2, 0) is 0 Å². The first-order chi connectivity index (χ1) is 9.56. The molecule has 0 radical (unpaired) electrons. The number of rotatable bonds is 3. The van der Waals surface area contributed by atoms with Crippen LogP contribution in [0.2, 0.25) is 0 Å². The third-order valence-corrected chi connectivity index (χ3v) is 4.94. The minimum atomic E-state index is 0.517. The van der Waals surface area contributed by atoms with E-state index in [1.54, 1.807) is 0 Å². The van der Waals surface area contributed by atoms with Gasteiger partial charge in [-0.3, -0.25) is 9.89 Å². The molecular formula is C16H32N4. The number of piperidine rings is 2. The summed E-state index contributed by atoms with van der Waals surface area (Å²) in [6, 6.07) is 0.517. The van der Waals surface area contributed by atoms with Gasteiger partial charge < -0.3 is 10.6 Å². The number of nitrogens with two attached hydrogens (primary N) is 1. The molecule has 0 saturated carbocycles. The number of hydrogen-bond donors (Lipinski definition) is 1. The average molecular weight is 280 g/mol. The second-order valence-electron chi connectivity index (χ2n) is 6.96. The van der Waals surface area contributed by atoms with Crippen molar-refractivity contribution in [3.05, 3.63) is 0 Å². The lowest BCUT2D eigenvalue weighted by Crippen LogP contribution is -2.45. The van der Waals surface area contributed by atoms with E-state index in [-0.39, 0.29) is 0 Å². The molecule has 2 rings (SSSR count). The Hall–Kier alpha value is -0.770. The zero-order valence-corrected chi connectivity index (χ0v) is 13.5. The summed E-state index contributed by atoms with van der Waals surface area (Å²) in [4.78, 5) is 9.48. The number of aliphatic imine (C=N–C) groups is 1. The van der Waals surface area contributed by atoms with E-state index in [4.69, 9.17) is 5.73 Å². The van der Waals surface area contributed by atoms with Crippen LogP contribution in [0, 0.1) is 11.8 Å². The second kappa shape index (κ2) is 7.30. The van der Waals surface area contributed by atoms with Crippen LogP contribution in [-0.4, -0.2) is 54.5 Å². The smallest absolute Gasteiger partial charge is 0.191 e. The zero-order valence-electron chi connectivity index (χ0n) is 13.5. The topological polar surface area (TPSA) is 44.9 Å². The quantitative estimate of drug-likeness (QED) is 0.636. The molecule has 2 N–H and O–H groups in total. The monoisotopic (exact) mass is 280 g/mol. The molecule has 2 saturated heterocycles. The Bertz CT molecular complexity index is 320. The summed E-state index contributed by atoms with van der Waals surface area (Å²) >= 11 is 0. The Labute approximate surface area is 124 Å². The highest BCUT2D eigenvalue weighted by Gasteiger charge is 2.21. The maximum absolute atomic E-state index is 6.17. The molecule has 20 heavy (non-hydrogen) atoms. The molecule has 0 amide bonds. The Balaban J connectivity index is 1.78. The summed E-state index contributed by atoms with van der Waals surface area (Å²) in [5, 5.41) is 0. The molecule has 2 heterocycles. The van der Waals surface area contributed by atoms with Gasteiger partial charge in [0.25, 0.3) is 0 Å². The van der Waals surface area contributed by atoms with E-state index in [9.17, 15) is 0 Å². The average Bonchev–Trinajstić information content (AvgIpc) is 2.45. The van der Waals surface area contributed by atoms with Crippen LogP contribution < -0.4 is 5.73 Å². The third kappa shape index (κ3) is 4.37. The van der Waals surface area contributed by atoms with Gasteiger partial charge in [-0.2, -0.15) is 0 Å². The van der Waals surface area contributed by atoms with Crippen LogP contribution in [0.1, 0.15) is 46.5 Å². The first-order valence-electron chi connectivity index (χ1n) is 8.35. The highest BCUT2D eigenvalue weighted by atomic mass is 15.3. The summed E-state index contributed by atoms with van der Waals surface area (Å²) in [5.74, 6) is 2.40. The van der Waals surface area contributed by atoms with Gasteiger partial charge in [0.2, 0.25) is 0 Å². The molecule has 0 aromatic heterocycles. The molecule has 2 aliphatic rings. The molecular weight excluding hydrogens is 248 g/mol. The number of guanidine groups is 1. The molecule has 116 valence electrons. The van der Waals surface area contributed by atoms with Crippen LogP contribution in [0.5, 0.6) is 0 Å². The standard InChI is InChI=1S/C16H32N4/c1-13-6-9-19(10-7-13)15(3)11-18-16(17)20-8-4-5-14(2)12-20/h13-15H,4-12H2,1-3H3,(H2,17,18). The summed E-state index contributed by atoms with van der Waals surface area (Å²) in [7, 11) is 0. The van der Waals surface area contributed by atoms with Crippen molar-refractivity contribution in [3.8, 4) is 0 Å². The van der Waals surface area contributed by atoms with Gasteiger partial charge in [0.15, 0.2) is 5.96 Å². The molecule has 2 fully saturated rings. The van der Waals surface area contributed by atoms with E-state index >= 15 is 0 Å². The summed E-state index contributed by atoms with van der Waals surface area (Å²) in [5.41, 5.74) is 6.17. The fourth-order valence-electron chi connectivity index (χ4n) is 3.31. The SMILES string of the molecule is CC1CCN(C(C)CN=C(N)N2CCCC(C)C2)CC1. The third-order valence-electron chi connectivity index (χ3n) is 4.94. The minimum absolute atomic E-state index is 0.517. The van der Waals surface area contributed by atoms with Gasteiger partial charge in [-0.1, -0.05) is 13.8 Å². The second-order valence-corrected chi connectivity index (χ2v) is 6.96. The zero-order chi connectivity index (χ0) is 14.5. The van der Waals surface area contributed by atoms with Crippen LogP contribution in [0.25, 0.3) is 0 Å². The highest BCUT2D eigenvalue weighted by molar-refractivity contribution is 5.78. The van der Waals surface area contributed by atoms with E-state index < -0.39 is 0 Å². The molecule has 0 aliphatic carbocycles. The molecule has 4 nitrogen and oxygen atoms in total. The Morgan fingerprint density at radius 3 is 2.50 bits per heavy atom. The van der Waals surface area contributed by atoms with Crippen molar-refractivity contribution in [3.63, 3.8) is 0 Å². The molecule has 0 spiro atoms. The van der Waals surface area contributed by atoms with Gasteiger partial charge in [0, 0.05) is 19.1 Å². The van der Waals surface area contributed by atoms with Gasteiger partial charge in [0.05, 0.1) is 6.54 Å². The number of nitrogens with zero attached hydrogens (tertiary/aromatic N) is 3. The lowest BCUT2D eigenvalue weighted by molar-refractivity contribution is 0.150. The first-order valence-corrected chi connectivity index (χ1v) is 8.35. The van der Waals surface area contributed by atoms with Crippen molar-refractivity contribution >= 4 is 5.96 Å². The number of likely N-dealkylation sites (tertiary alicyclic amines) is 2. The van der Waals surface area contributed by atoms with Crippen molar-refractivity contribution in [1.29, 1.82) is 0 Å². The van der Waals surface area contributed by atoms with Crippen LogP contribution in [0.15, 0.2) is 4.99 Å². The number of hydrogen-bond acceptors (Lipinski definition) is 2. The first kappa shape index (κ1) is 15.6. The van der Waals surface area contributed by atoms with E-state index in [0.717, 1.165) is 37.4 Å². The van der Waals surface area contributed by atoms with E-state index in [1.807, 2.05) is 0 Å². The molecule has 0 aromatic rings. The molecule has 2 atom stereocenters. The lowest BCUT2D eigenvalue weighted by atomic mass is 9.98. The maximum Gasteiger partial charge on any atom is 0.191 e. The van der Waals surface area contributed by atoms with Crippen molar-refractivity contribution in [2.75, 3.05) is 32.7 Å². The summed E-state index contributed by atoms with van der Waals surface area (Å²) < 4.78 is 0. The Morgan fingerprint density at radius 2 is 1.85 bits per heavy atom. The predicted molar refractivity (Wildman–Crippen MR) is 85.9 cm³/mol. The van der Waals surface area contributed by atoms with Gasteiger partial charge in [-0.15, -0.1) is 0 Å². The van der Waals surface area contributed by atoms with Crippen molar-refractivity contribution in [1.82, 2.24) is 9.80 Å². The van der Waals surface area contributed by atoms with E-state index in [2.05, 4.69) is 35.6 Å². The Morgan fingerprint density at radius 1 is 1.15 bits per heavy atom. The fourth-order valence-corrected chi connectivity index (χ4v) is 3.31. The maximum atomic E-state index is 6.17. The summed E-state index contributed by atoms with van der Waals surface area (Å²) in [6.45, 7) is 12.4. The van der Waals surface area contributed by atoms with Gasteiger partial charge in [0.1, 0.15) is 0 Å². The predicted octanol–water partition coefficient (Wildman–Crippen LogP) is 2.15. The van der Waals surface area contributed by atoms with Gasteiger partial charge in [-0.25, -0.2) is 0 Å².